The van der Waals surface area contributed by atoms with Gasteiger partial charge in [0.15, 0.2) is 0 Å². The Morgan fingerprint density at radius 3 is 2.82 bits per heavy atom. The van der Waals surface area contributed by atoms with Crippen LogP contribution in [0.3, 0.4) is 0 Å². The minimum Gasteiger partial charge on any atom is -0.474 e. The van der Waals surface area contributed by atoms with E-state index < -0.39 is 0 Å². The molecule has 2 atom stereocenters. The Bertz CT molecular complexity index is 340. The van der Waals surface area contributed by atoms with E-state index in [0.29, 0.717) is 18.5 Å². The molecule has 1 heterocycles. The highest BCUT2D eigenvalue weighted by molar-refractivity contribution is 5.17. The third-order valence-corrected chi connectivity index (χ3v) is 3.23. The second-order valence-electron chi connectivity index (χ2n) is 4.47. The lowest BCUT2D eigenvalue weighted by atomic mass is 9.95. The molecule has 2 N–H and O–H groups in total. The van der Waals surface area contributed by atoms with Crippen molar-refractivity contribution >= 4 is 0 Å². The van der Waals surface area contributed by atoms with E-state index in [1.54, 1.807) is 13.3 Å². The number of methoxy groups -OCH3 is 1. The summed E-state index contributed by atoms with van der Waals surface area (Å²) in [6.45, 7) is 0.516. The molecular formula is C13H20N2O2. The van der Waals surface area contributed by atoms with E-state index in [4.69, 9.17) is 15.2 Å². The van der Waals surface area contributed by atoms with E-state index in [0.717, 1.165) is 31.2 Å². The lowest BCUT2D eigenvalue weighted by molar-refractivity contribution is 0.0195. The summed E-state index contributed by atoms with van der Waals surface area (Å²) >= 11 is 0. The smallest absolute Gasteiger partial charge is 0.213 e. The molecule has 17 heavy (non-hydrogen) atoms. The van der Waals surface area contributed by atoms with Gasteiger partial charge in [-0.3, -0.25) is 0 Å². The van der Waals surface area contributed by atoms with Crippen LogP contribution < -0.4 is 10.5 Å². The largest absolute Gasteiger partial charge is 0.474 e. The zero-order chi connectivity index (χ0) is 12.1. The summed E-state index contributed by atoms with van der Waals surface area (Å²) in [4.78, 5) is 4.25. The number of aromatic nitrogens is 1. The Morgan fingerprint density at radius 2 is 2.18 bits per heavy atom. The Labute approximate surface area is 102 Å². The number of pyridine rings is 1. The van der Waals surface area contributed by atoms with E-state index in [-0.39, 0.29) is 6.10 Å². The fourth-order valence-corrected chi connectivity index (χ4v) is 2.20. The van der Waals surface area contributed by atoms with Crippen LogP contribution in [0.2, 0.25) is 0 Å². The van der Waals surface area contributed by atoms with Gasteiger partial charge in [-0.15, -0.1) is 0 Å². The molecule has 1 aromatic heterocycles. The standard InChI is InChI=1S/C13H20N2O2/c1-16-11-3-2-4-12(7-11)17-13-6-5-10(8-14)9-15-13/h5-6,9,11-12H,2-4,7-8,14H2,1H3. The molecule has 0 bridgehead atoms. The van der Waals surface area contributed by atoms with Gasteiger partial charge in [-0.1, -0.05) is 6.07 Å². The van der Waals surface area contributed by atoms with Gasteiger partial charge in [-0.25, -0.2) is 4.98 Å². The zero-order valence-corrected chi connectivity index (χ0v) is 10.3. The first-order valence-corrected chi connectivity index (χ1v) is 6.16. The minimum atomic E-state index is 0.227. The molecule has 1 saturated carbocycles. The predicted molar refractivity (Wildman–Crippen MR) is 65.8 cm³/mol. The summed E-state index contributed by atoms with van der Waals surface area (Å²) in [6.07, 6.45) is 6.66. The maximum Gasteiger partial charge on any atom is 0.213 e. The van der Waals surface area contributed by atoms with Crippen molar-refractivity contribution in [2.75, 3.05) is 7.11 Å². The summed E-state index contributed by atoms with van der Waals surface area (Å²) in [7, 11) is 1.77. The van der Waals surface area contributed by atoms with Crippen LogP contribution in [-0.4, -0.2) is 24.3 Å². The lowest BCUT2D eigenvalue weighted by Crippen LogP contribution is -2.29. The molecule has 1 aliphatic rings. The summed E-state index contributed by atoms with van der Waals surface area (Å²) < 4.78 is 11.2. The molecule has 0 radical (unpaired) electrons. The topological polar surface area (TPSA) is 57.4 Å². The van der Waals surface area contributed by atoms with Gasteiger partial charge in [0.1, 0.15) is 6.10 Å². The first kappa shape index (κ1) is 12.3. The second-order valence-corrected chi connectivity index (χ2v) is 4.47. The molecule has 2 unspecified atom stereocenters. The Balaban J connectivity index is 1.90. The number of nitrogens with two attached hydrogens (primary N) is 1. The van der Waals surface area contributed by atoms with Crippen molar-refractivity contribution in [3.8, 4) is 5.88 Å². The molecule has 1 aromatic rings. The first-order chi connectivity index (χ1) is 8.31. The molecule has 1 fully saturated rings. The summed E-state index contributed by atoms with van der Waals surface area (Å²) in [5.74, 6) is 0.684. The quantitative estimate of drug-likeness (QED) is 0.867. The normalized spacial score (nSPS) is 24.6. The van der Waals surface area contributed by atoms with E-state index in [2.05, 4.69) is 4.98 Å². The first-order valence-electron chi connectivity index (χ1n) is 6.16. The highest BCUT2D eigenvalue weighted by Gasteiger charge is 2.23. The number of hydrogen-bond acceptors (Lipinski definition) is 4. The summed E-state index contributed by atoms with van der Waals surface area (Å²) in [5, 5.41) is 0. The van der Waals surface area contributed by atoms with Crippen molar-refractivity contribution in [1.29, 1.82) is 0 Å². The molecule has 2 rings (SSSR count). The van der Waals surface area contributed by atoms with Crippen LogP contribution in [0.15, 0.2) is 18.3 Å². The fourth-order valence-electron chi connectivity index (χ4n) is 2.20. The van der Waals surface area contributed by atoms with E-state index in [1.807, 2.05) is 12.1 Å². The highest BCUT2D eigenvalue weighted by atomic mass is 16.5. The number of rotatable bonds is 4. The van der Waals surface area contributed by atoms with Crippen LogP contribution in [0.5, 0.6) is 5.88 Å². The van der Waals surface area contributed by atoms with Gasteiger partial charge in [0.2, 0.25) is 5.88 Å². The van der Waals surface area contributed by atoms with Crippen LogP contribution in [0.4, 0.5) is 0 Å². The van der Waals surface area contributed by atoms with Gasteiger partial charge in [0.25, 0.3) is 0 Å². The molecule has 1 aliphatic carbocycles. The molecule has 94 valence electrons. The highest BCUT2D eigenvalue weighted by Crippen LogP contribution is 2.24. The third kappa shape index (κ3) is 3.41. The van der Waals surface area contributed by atoms with Crippen LogP contribution >= 0.6 is 0 Å². The van der Waals surface area contributed by atoms with Crippen LogP contribution in [0.25, 0.3) is 0 Å². The van der Waals surface area contributed by atoms with Crippen molar-refractivity contribution in [3.05, 3.63) is 23.9 Å². The number of hydrogen-bond donors (Lipinski definition) is 1. The Kier molecular flexibility index (Phi) is 4.34. The minimum absolute atomic E-state index is 0.227. The lowest BCUT2D eigenvalue weighted by Gasteiger charge is -2.28. The average Bonchev–Trinajstić information content (AvgIpc) is 2.40. The molecule has 4 nitrogen and oxygen atoms in total. The van der Waals surface area contributed by atoms with Crippen molar-refractivity contribution in [2.45, 2.75) is 44.4 Å². The second kappa shape index (κ2) is 5.98. The van der Waals surface area contributed by atoms with Crippen molar-refractivity contribution in [3.63, 3.8) is 0 Å². The van der Waals surface area contributed by atoms with Crippen LogP contribution in [0.1, 0.15) is 31.2 Å². The van der Waals surface area contributed by atoms with Crippen molar-refractivity contribution in [1.82, 2.24) is 4.98 Å². The molecule has 0 saturated heterocycles. The van der Waals surface area contributed by atoms with Gasteiger partial charge in [-0.05, 0) is 24.8 Å². The number of ether oxygens (including phenoxy) is 2. The van der Waals surface area contributed by atoms with Gasteiger partial charge < -0.3 is 15.2 Å². The van der Waals surface area contributed by atoms with E-state index in [1.165, 1.54) is 0 Å². The average molecular weight is 236 g/mol. The van der Waals surface area contributed by atoms with E-state index >= 15 is 0 Å². The predicted octanol–water partition coefficient (Wildman–Crippen LogP) is 1.88. The Morgan fingerprint density at radius 1 is 1.35 bits per heavy atom. The van der Waals surface area contributed by atoms with Gasteiger partial charge in [0.05, 0.1) is 6.10 Å². The van der Waals surface area contributed by atoms with Gasteiger partial charge in [-0.2, -0.15) is 0 Å². The molecule has 0 aromatic carbocycles. The summed E-state index contributed by atoms with van der Waals surface area (Å²) in [6, 6.07) is 3.84. The fraction of sp³-hybridized carbons (Fsp3) is 0.615. The SMILES string of the molecule is COC1CCCC(Oc2ccc(CN)cn2)C1. The zero-order valence-electron chi connectivity index (χ0n) is 10.3. The maximum absolute atomic E-state index is 5.85. The molecular weight excluding hydrogens is 216 g/mol. The maximum atomic E-state index is 5.85. The Hall–Kier alpha value is -1.13. The molecule has 4 heteroatoms. The molecule has 0 aliphatic heterocycles. The van der Waals surface area contributed by atoms with Crippen LogP contribution in [0, 0.1) is 0 Å². The molecule has 0 amide bonds. The summed E-state index contributed by atoms with van der Waals surface area (Å²) in [5.41, 5.74) is 6.55. The monoisotopic (exact) mass is 236 g/mol. The van der Waals surface area contributed by atoms with Crippen molar-refractivity contribution in [2.24, 2.45) is 5.73 Å². The van der Waals surface area contributed by atoms with Gasteiger partial charge in [0, 0.05) is 32.3 Å². The van der Waals surface area contributed by atoms with Gasteiger partial charge >= 0.3 is 0 Å². The molecule has 0 spiro atoms. The van der Waals surface area contributed by atoms with E-state index in [9.17, 15) is 0 Å². The van der Waals surface area contributed by atoms with Crippen LogP contribution in [-0.2, 0) is 11.3 Å². The van der Waals surface area contributed by atoms with Crippen molar-refractivity contribution < 1.29 is 9.47 Å². The third-order valence-electron chi connectivity index (χ3n) is 3.23. The number of nitrogens with zero attached hydrogens (tertiary/aromatic N) is 1.